The number of morpholine rings is 1. The van der Waals surface area contributed by atoms with Gasteiger partial charge in [0.25, 0.3) is 5.91 Å². The monoisotopic (exact) mass is 528 g/mol. The van der Waals surface area contributed by atoms with Gasteiger partial charge in [0.1, 0.15) is 4.88 Å². The first-order chi connectivity index (χ1) is 18.2. The number of rotatable bonds is 6. The quantitative estimate of drug-likeness (QED) is 0.274. The molecule has 0 unspecified atom stereocenters. The molecule has 8 heteroatoms. The number of nitrogens with zero attached hydrogens (tertiary/aromatic N) is 4. The molecule has 2 aromatic heterocycles. The number of thiazole rings is 1. The molecule has 0 aliphatic carbocycles. The van der Waals surface area contributed by atoms with Crippen LogP contribution in [0, 0.1) is 0 Å². The third-order valence-corrected chi connectivity index (χ3v) is 7.90. The van der Waals surface area contributed by atoms with Crippen LogP contribution < -0.4 is 0 Å². The number of carbonyl (C=O) groups excluding carboxylic acids is 1. The molecular formula is C29H25ClN4O2S. The van der Waals surface area contributed by atoms with Crippen LogP contribution in [-0.2, 0) is 17.7 Å². The minimum Gasteiger partial charge on any atom is -0.378 e. The summed E-state index contributed by atoms with van der Waals surface area (Å²) in [5, 5.41) is 3.82. The number of benzene rings is 3. The van der Waals surface area contributed by atoms with Crippen LogP contribution in [0.15, 0.2) is 79.3 Å². The molecule has 1 saturated heterocycles. The van der Waals surface area contributed by atoms with Crippen LogP contribution >= 0.6 is 22.9 Å². The molecule has 3 heterocycles. The van der Waals surface area contributed by atoms with E-state index in [1.54, 1.807) is 0 Å². The summed E-state index contributed by atoms with van der Waals surface area (Å²) >= 11 is 7.53. The first-order valence-corrected chi connectivity index (χ1v) is 13.4. The summed E-state index contributed by atoms with van der Waals surface area (Å²) < 4.78 is 7.60. The lowest BCUT2D eigenvalue weighted by atomic mass is 10.0. The van der Waals surface area contributed by atoms with E-state index >= 15 is 0 Å². The van der Waals surface area contributed by atoms with E-state index in [9.17, 15) is 4.79 Å². The van der Waals surface area contributed by atoms with E-state index in [1.807, 2.05) is 59.9 Å². The van der Waals surface area contributed by atoms with E-state index in [-0.39, 0.29) is 5.91 Å². The van der Waals surface area contributed by atoms with Crippen molar-refractivity contribution in [3.05, 3.63) is 105 Å². The van der Waals surface area contributed by atoms with Gasteiger partial charge in [-0.05, 0) is 28.5 Å². The molecule has 1 fully saturated rings. The molecule has 0 atom stereocenters. The summed E-state index contributed by atoms with van der Waals surface area (Å²) in [5.74, 6) is 0.0182. The topological polar surface area (TPSA) is 60.2 Å². The van der Waals surface area contributed by atoms with Crippen molar-refractivity contribution in [2.24, 2.45) is 0 Å². The Hall–Kier alpha value is -3.52. The highest BCUT2D eigenvalue weighted by molar-refractivity contribution is 7.14. The second-order valence-electron chi connectivity index (χ2n) is 9.03. The number of imidazole rings is 1. The van der Waals surface area contributed by atoms with E-state index in [0.717, 1.165) is 43.3 Å². The molecule has 3 aromatic carbocycles. The number of hydrogen-bond acceptors (Lipinski definition) is 5. The number of carbonyl (C=O) groups is 1. The van der Waals surface area contributed by atoms with Crippen LogP contribution in [0.25, 0.3) is 22.0 Å². The summed E-state index contributed by atoms with van der Waals surface area (Å²) in [6.07, 6.45) is 4.30. The zero-order chi connectivity index (χ0) is 25.2. The second kappa shape index (κ2) is 10.5. The second-order valence-corrected chi connectivity index (χ2v) is 10.6. The van der Waals surface area contributed by atoms with Crippen LogP contribution in [-0.4, -0.2) is 51.6 Å². The smallest absolute Gasteiger partial charge is 0.266 e. The zero-order valence-electron chi connectivity index (χ0n) is 20.1. The van der Waals surface area contributed by atoms with E-state index in [2.05, 4.69) is 33.8 Å². The average Bonchev–Trinajstić information content (AvgIpc) is 3.56. The summed E-state index contributed by atoms with van der Waals surface area (Å²) in [4.78, 5) is 25.7. The molecule has 6 rings (SSSR count). The van der Waals surface area contributed by atoms with Gasteiger partial charge in [0.15, 0.2) is 0 Å². The summed E-state index contributed by atoms with van der Waals surface area (Å²) in [6.45, 7) is 2.99. The van der Waals surface area contributed by atoms with Gasteiger partial charge in [-0.2, -0.15) is 0 Å². The molecule has 6 nitrogen and oxygen atoms in total. The van der Waals surface area contributed by atoms with Gasteiger partial charge < -0.3 is 14.2 Å². The van der Waals surface area contributed by atoms with Gasteiger partial charge in [-0.1, -0.05) is 66.2 Å². The lowest BCUT2D eigenvalue weighted by Crippen LogP contribution is -2.40. The van der Waals surface area contributed by atoms with Crippen LogP contribution in [0.5, 0.6) is 0 Å². The maximum Gasteiger partial charge on any atom is 0.266 e. The standard InChI is InChI=1S/C29H25ClN4O2S/c30-22-10-8-20(9-11-22)18-34-19-31-17-23(34)16-26-32-27(25-7-3-5-21-4-1-2-6-24(21)25)28(37-26)29(35)33-12-14-36-15-13-33/h1-11,17,19H,12-16,18H2. The Kier molecular flexibility index (Phi) is 6.74. The normalized spacial score (nSPS) is 13.8. The number of fused-ring (bicyclic) bond motifs is 1. The number of ether oxygens (including phenoxy) is 1. The zero-order valence-corrected chi connectivity index (χ0v) is 21.7. The molecule has 37 heavy (non-hydrogen) atoms. The predicted octanol–water partition coefficient (Wildman–Crippen LogP) is 5.92. The van der Waals surface area contributed by atoms with Gasteiger partial charge in [-0.15, -0.1) is 11.3 Å². The minimum absolute atomic E-state index is 0.0182. The molecule has 186 valence electrons. The maximum absolute atomic E-state index is 13.7. The van der Waals surface area contributed by atoms with Crippen LogP contribution in [0.3, 0.4) is 0 Å². The molecule has 0 spiro atoms. The molecule has 0 saturated carbocycles. The van der Waals surface area contributed by atoms with Crippen LogP contribution in [0.2, 0.25) is 5.02 Å². The number of amides is 1. The fraction of sp³-hybridized carbons (Fsp3) is 0.207. The van der Waals surface area contributed by atoms with Crippen molar-refractivity contribution in [1.82, 2.24) is 19.4 Å². The number of hydrogen-bond donors (Lipinski definition) is 0. The van der Waals surface area contributed by atoms with E-state index in [0.29, 0.717) is 44.1 Å². The third kappa shape index (κ3) is 5.03. The van der Waals surface area contributed by atoms with Gasteiger partial charge in [-0.3, -0.25) is 4.79 Å². The van der Waals surface area contributed by atoms with Crippen molar-refractivity contribution in [1.29, 1.82) is 0 Å². The third-order valence-electron chi connectivity index (χ3n) is 6.61. The maximum atomic E-state index is 13.7. The van der Waals surface area contributed by atoms with Crippen molar-refractivity contribution in [3.8, 4) is 11.3 Å². The minimum atomic E-state index is 0.0182. The van der Waals surface area contributed by atoms with Crippen LogP contribution in [0.4, 0.5) is 0 Å². The Labute approximate surface area is 224 Å². The lowest BCUT2D eigenvalue weighted by molar-refractivity contribution is 0.0306. The van der Waals surface area contributed by atoms with Gasteiger partial charge >= 0.3 is 0 Å². The molecular weight excluding hydrogens is 504 g/mol. The van der Waals surface area contributed by atoms with E-state index in [4.69, 9.17) is 21.3 Å². The fourth-order valence-corrected chi connectivity index (χ4v) is 5.88. The van der Waals surface area contributed by atoms with Crippen molar-refractivity contribution < 1.29 is 9.53 Å². The fourth-order valence-electron chi connectivity index (χ4n) is 4.69. The van der Waals surface area contributed by atoms with E-state index in [1.165, 1.54) is 11.3 Å². The van der Waals surface area contributed by atoms with Crippen molar-refractivity contribution in [3.63, 3.8) is 0 Å². The molecule has 1 amide bonds. The Morgan fingerprint density at radius 3 is 2.62 bits per heavy atom. The summed E-state index contributed by atoms with van der Waals surface area (Å²) in [6, 6.07) is 22.2. The Morgan fingerprint density at radius 2 is 1.78 bits per heavy atom. The van der Waals surface area contributed by atoms with Gasteiger partial charge in [0, 0.05) is 48.5 Å². The molecule has 5 aromatic rings. The predicted molar refractivity (Wildman–Crippen MR) is 147 cm³/mol. The molecule has 0 bridgehead atoms. The highest BCUT2D eigenvalue weighted by Crippen LogP contribution is 2.35. The van der Waals surface area contributed by atoms with Gasteiger partial charge in [0.05, 0.1) is 30.2 Å². The SMILES string of the molecule is O=C(c1sc(Cc2cncn2Cc2ccc(Cl)cc2)nc1-c1cccc2ccccc12)N1CCOCC1. The highest BCUT2D eigenvalue weighted by Gasteiger charge is 2.26. The molecule has 0 radical (unpaired) electrons. The molecule has 1 aliphatic rings. The van der Waals surface area contributed by atoms with E-state index < -0.39 is 0 Å². The lowest BCUT2D eigenvalue weighted by Gasteiger charge is -2.26. The Bertz CT molecular complexity index is 1550. The Morgan fingerprint density at radius 1 is 1.00 bits per heavy atom. The van der Waals surface area contributed by atoms with Crippen molar-refractivity contribution in [2.75, 3.05) is 26.3 Å². The summed E-state index contributed by atoms with van der Waals surface area (Å²) in [5.41, 5.74) is 3.91. The first-order valence-electron chi connectivity index (χ1n) is 12.2. The van der Waals surface area contributed by atoms with Crippen LogP contribution in [0.1, 0.15) is 25.9 Å². The molecule has 1 aliphatic heterocycles. The largest absolute Gasteiger partial charge is 0.378 e. The van der Waals surface area contributed by atoms with Crippen molar-refractivity contribution in [2.45, 2.75) is 13.0 Å². The van der Waals surface area contributed by atoms with Gasteiger partial charge in [0.2, 0.25) is 0 Å². The first kappa shape index (κ1) is 23.9. The molecule has 0 N–H and O–H groups in total. The summed E-state index contributed by atoms with van der Waals surface area (Å²) in [7, 11) is 0. The van der Waals surface area contributed by atoms with Crippen molar-refractivity contribution >= 4 is 39.6 Å². The highest BCUT2D eigenvalue weighted by atomic mass is 35.5. The Balaban J connectivity index is 1.37. The number of halogens is 1. The average molecular weight is 529 g/mol. The van der Waals surface area contributed by atoms with Gasteiger partial charge in [-0.25, -0.2) is 9.97 Å². The number of aromatic nitrogens is 3.